The van der Waals surface area contributed by atoms with Crippen molar-refractivity contribution in [3.05, 3.63) is 59.7 Å². The number of nitrogens with one attached hydrogen (secondary N) is 2. The maximum atomic E-state index is 12.6. The van der Waals surface area contributed by atoms with E-state index in [1.807, 2.05) is 0 Å². The second-order valence-electron chi connectivity index (χ2n) is 5.67. The van der Waals surface area contributed by atoms with E-state index in [2.05, 4.69) is 10.0 Å². The molecule has 2 aromatic rings. The Labute approximate surface area is 144 Å². The largest absolute Gasteiger partial charge is 0.480 e. The van der Waals surface area contributed by atoms with E-state index >= 15 is 0 Å². The zero-order chi connectivity index (χ0) is 18.0. The number of carboxylic acids is 1. The van der Waals surface area contributed by atoms with Crippen LogP contribution >= 0.6 is 0 Å². The van der Waals surface area contributed by atoms with Crippen molar-refractivity contribution in [1.82, 2.24) is 4.72 Å². The van der Waals surface area contributed by atoms with Crippen molar-refractivity contribution in [2.45, 2.75) is 23.8 Å². The van der Waals surface area contributed by atoms with Crippen molar-refractivity contribution in [2.75, 3.05) is 5.32 Å². The van der Waals surface area contributed by atoms with Gasteiger partial charge in [-0.05, 0) is 35.7 Å². The Morgan fingerprint density at radius 3 is 2.52 bits per heavy atom. The van der Waals surface area contributed by atoms with Gasteiger partial charge >= 0.3 is 5.97 Å². The second kappa shape index (κ2) is 6.66. The van der Waals surface area contributed by atoms with E-state index in [9.17, 15) is 23.1 Å². The first kappa shape index (κ1) is 17.1. The van der Waals surface area contributed by atoms with Crippen LogP contribution in [0.1, 0.15) is 23.6 Å². The Hall–Kier alpha value is -2.71. The van der Waals surface area contributed by atoms with Crippen LogP contribution in [-0.2, 0) is 26.0 Å². The summed E-state index contributed by atoms with van der Waals surface area (Å²) in [6, 6.07) is 11.0. The molecule has 1 aliphatic rings. The number of hydrogen-bond acceptors (Lipinski definition) is 4. The Morgan fingerprint density at radius 1 is 1.12 bits per heavy atom. The zero-order valence-corrected chi connectivity index (χ0v) is 13.9. The standard InChI is InChI=1S/C17H16N2O5S/c20-15-9-6-12-10-13(7-8-14(12)18-15)25(23,24)19-16(17(21)22)11-4-2-1-3-5-11/h1-5,7-8,10,16,19H,6,9H2,(H,18,20)(H,21,22). The second-order valence-corrected chi connectivity index (χ2v) is 7.38. The molecule has 1 aliphatic heterocycles. The fraction of sp³-hybridized carbons (Fsp3) is 0.176. The maximum Gasteiger partial charge on any atom is 0.326 e. The van der Waals surface area contributed by atoms with Crippen molar-refractivity contribution >= 4 is 27.6 Å². The highest BCUT2D eigenvalue weighted by Gasteiger charge is 2.27. The van der Waals surface area contributed by atoms with E-state index < -0.39 is 22.0 Å². The molecule has 1 unspecified atom stereocenters. The lowest BCUT2D eigenvalue weighted by molar-refractivity contribution is -0.139. The van der Waals surface area contributed by atoms with Gasteiger partial charge in [-0.3, -0.25) is 9.59 Å². The number of aliphatic carboxylic acids is 1. The summed E-state index contributed by atoms with van der Waals surface area (Å²) < 4.78 is 27.4. The lowest BCUT2D eigenvalue weighted by Crippen LogP contribution is -2.34. The number of benzene rings is 2. The molecule has 1 heterocycles. The predicted molar refractivity (Wildman–Crippen MR) is 90.5 cm³/mol. The van der Waals surface area contributed by atoms with Crippen molar-refractivity contribution in [3.63, 3.8) is 0 Å². The minimum Gasteiger partial charge on any atom is -0.480 e. The first-order valence-corrected chi connectivity index (χ1v) is 9.08. The highest BCUT2D eigenvalue weighted by molar-refractivity contribution is 7.89. The van der Waals surface area contributed by atoms with Crippen LogP contribution in [0.3, 0.4) is 0 Å². The van der Waals surface area contributed by atoms with Gasteiger partial charge in [-0.1, -0.05) is 30.3 Å². The number of rotatable bonds is 5. The topological polar surface area (TPSA) is 113 Å². The van der Waals surface area contributed by atoms with Gasteiger partial charge in [-0.15, -0.1) is 0 Å². The van der Waals surface area contributed by atoms with Gasteiger partial charge < -0.3 is 10.4 Å². The lowest BCUT2D eigenvalue weighted by atomic mass is 10.0. The van der Waals surface area contributed by atoms with Crippen LogP contribution in [0.25, 0.3) is 0 Å². The highest BCUT2D eigenvalue weighted by Crippen LogP contribution is 2.26. The highest BCUT2D eigenvalue weighted by atomic mass is 32.2. The van der Waals surface area contributed by atoms with Gasteiger partial charge in [0.05, 0.1) is 4.90 Å². The van der Waals surface area contributed by atoms with Crippen LogP contribution < -0.4 is 10.0 Å². The third kappa shape index (κ3) is 3.70. The van der Waals surface area contributed by atoms with E-state index in [4.69, 9.17) is 0 Å². The minimum absolute atomic E-state index is 0.0374. The molecule has 25 heavy (non-hydrogen) atoms. The van der Waals surface area contributed by atoms with Crippen molar-refractivity contribution < 1.29 is 23.1 Å². The molecular formula is C17H16N2O5S. The molecule has 1 atom stereocenters. The van der Waals surface area contributed by atoms with Crippen LogP contribution in [0.15, 0.2) is 53.4 Å². The lowest BCUT2D eigenvalue weighted by Gasteiger charge is -2.19. The number of aryl methyl sites for hydroxylation is 1. The van der Waals surface area contributed by atoms with Gasteiger partial charge in [0.15, 0.2) is 0 Å². The number of anilines is 1. The Kier molecular flexibility index (Phi) is 4.56. The summed E-state index contributed by atoms with van der Waals surface area (Å²) in [5.74, 6) is -1.41. The molecule has 0 saturated heterocycles. The smallest absolute Gasteiger partial charge is 0.326 e. The van der Waals surface area contributed by atoms with Gasteiger partial charge in [0.2, 0.25) is 15.9 Å². The molecule has 8 heteroatoms. The van der Waals surface area contributed by atoms with Gasteiger partial charge in [-0.2, -0.15) is 4.72 Å². The Balaban J connectivity index is 1.91. The third-order valence-electron chi connectivity index (χ3n) is 3.94. The van der Waals surface area contributed by atoms with Crippen LogP contribution in [-0.4, -0.2) is 25.4 Å². The molecule has 0 saturated carbocycles. The summed E-state index contributed by atoms with van der Waals surface area (Å²) in [5, 5.41) is 12.1. The van der Waals surface area contributed by atoms with Crippen LogP contribution in [0.5, 0.6) is 0 Å². The average Bonchev–Trinajstić information content (AvgIpc) is 2.59. The predicted octanol–water partition coefficient (Wildman–Crippen LogP) is 1.68. The van der Waals surface area contributed by atoms with Crippen LogP contribution in [0.4, 0.5) is 5.69 Å². The van der Waals surface area contributed by atoms with E-state index in [0.717, 1.165) is 0 Å². The summed E-state index contributed by atoms with van der Waals surface area (Å²) >= 11 is 0. The Morgan fingerprint density at radius 2 is 1.84 bits per heavy atom. The molecule has 0 radical (unpaired) electrons. The van der Waals surface area contributed by atoms with E-state index in [0.29, 0.717) is 23.2 Å². The third-order valence-corrected chi connectivity index (χ3v) is 5.36. The van der Waals surface area contributed by atoms with Crippen LogP contribution in [0.2, 0.25) is 0 Å². The molecule has 130 valence electrons. The summed E-state index contributed by atoms with van der Waals surface area (Å²) in [7, 11) is -4.04. The average molecular weight is 360 g/mol. The SMILES string of the molecule is O=C1CCc2cc(S(=O)(=O)NC(C(=O)O)c3ccccc3)ccc2N1. The molecule has 7 nitrogen and oxygen atoms in total. The molecule has 1 amide bonds. The van der Waals surface area contributed by atoms with Crippen LogP contribution in [0, 0.1) is 0 Å². The maximum absolute atomic E-state index is 12.6. The molecule has 3 rings (SSSR count). The molecule has 0 bridgehead atoms. The van der Waals surface area contributed by atoms with Crippen molar-refractivity contribution in [3.8, 4) is 0 Å². The number of amides is 1. The number of fused-ring (bicyclic) bond motifs is 1. The zero-order valence-electron chi connectivity index (χ0n) is 13.1. The number of carbonyl (C=O) groups is 2. The minimum atomic E-state index is -4.04. The fourth-order valence-corrected chi connectivity index (χ4v) is 3.88. The normalized spacial score (nSPS) is 15.1. The van der Waals surface area contributed by atoms with E-state index in [1.165, 1.54) is 18.2 Å². The number of carbonyl (C=O) groups excluding carboxylic acids is 1. The molecule has 0 aliphatic carbocycles. The van der Waals surface area contributed by atoms with Crippen molar-refractivity contribution in [1.29, 1.82) is 0 Å². The molecule has 2 aromatic carbocycles. The number of hydrogen-bond donors (Lipinski definition) is 3. The van der Waals surface area contributed by atoms with Gasteiger partial charge in [0, 0.05) is 12.1 Å². The molecule has 3 N–H and O–H groups in total. The quantitative estimate of drug-likeness (QED) is 0.751. The van der Waals surface area contributed by atoms with E-state index in [1.54, 1.807) is 30.3 Å². The van der Waals surface area contributed by atoms with Gasteiger partial charge in [0.1, 0.15) is 6.04 Å². The number of sulfonamides is 1. The summed E-state index contributed by atoms with van der Waals surface area (Å²) in [6.07, 6.45) is 0.720. The summed E-state index contributed by atoms with van der Waals surface area (Å²) in [5.41, 5.74) is 1.62. The number of carboxylic acid groups (broad SMARTS) is 1. The fourth-order valence-electron chi connectivity index (χ4n) is 2.66. The molecular weight excluding hydrogens is 344 g/mol. The summed E-state index contributed by atoms with van der Waals surface area (Å²) in [4.78, 5) is 22.8. The molecule has 0 spiro atoms. The molecule has 0 aromatic heterocycles. The van der Waals surface area contributed by atoms with E-state index in [-0.39, 0.29) is 17.2 Å². The van der Waals surface area contributed by atoms with Gasteiger partial charge in [-0.25, -0.2) is 8.42 Å². The van der Waals surface area contributed by atoms with Gasteiger partial charge in [0.25, 0.3) is 0 Å². The Bertz CT molecular complexity index is 925. The first-order chi connectivity index (χ1) is 11.9. The first-order valence-electron chi connectivity index (χ1n) is 7.60. The monoisotopic (exact) mass is 360 g/mol. The molecule has 0 fully saturated rings. The van der Waals surface area contributed by atoms with Crippen molar-refractivity contribution in [2.24, 2.45) is 0 Å². The summed E-state index contributed by atoms with van der Waals surface area (Å²) in [6.45, 7) is 0.